The van der Waals surface area contributed by atoms with E-state index in [2.05, 4.69) is 14.9 Å². The van der Waals surface area contributed by atoms with Crippen molar-refractivity contribution in [2.24, 2.45) is 0 Å². The summed E-state index contributed by atoms with van der Waals surface area (Å²) >= 11 is 0. The van der Waals surface area contributed by atoms with Crippen LogP contribution in [0.3, 0.4) is 0 Å². The smallest absolute Gasteiger partial charge is 0.251 e. The lowest BCUT2D eigenvalue weighted by Crippen LogP contribution is -2.47. The Balaban J connectivity index is 2.05. The number of ether oxygens (including phenoxy) is 1. The van der Waals surface area contributed by atoms with Gasteiger partial charge in [0, 0.05) is 37.9 Å². The molecular weight excluding hydrogens is 380 g/mol. The number of hydrogen-bond donors (Lipinski definition) is 1. The number of likely N-dealkylation sites (N-methyl/N-ethyl adjacent to an activating group) is 1. The van der Waals surface area contributed by atoms with E-state index in [4.69, 9.17) is 4.74 Å². The van der Waals surface area contributed by atoms with Gasteiger partial charge in [0.25, 0.3) is 5.56 Å². The van der Waals surface area contributed by atoms with Gasteiger partial charge in [-0.25, -0.2) is 13.4 Å². The topological polar surface area (TPSA) is 95.6 Å². The lowest BCUT2D eigenvalue weighted by atomic mass is 10.2. The fraction of sp³-hybridized carbons (Fsp3) is 0.474. The van der Waals surface area contributed by atoms with Gasteiger partial charge in [0.2, 0.25) is 10.0 Å². The summed E-state index contributed by atoms with van der Waals surface area (Å²) in [6.07, 6.45) is 0.804. The number of nitrogens with zero attached hydrogens (tertiary/aromatic N) is 3. The van der Waals surface area contributed by atoms with E-state index in [9.17, 15) is 13.2 Å². The molecule has 1 aromatic heterocycles. The number of benzene rings is 1. The molecule has 0 unspecified atom stereocenters. The largest absolute Gasteiger partial charge is 0.493 e. The third-order valence-corrected chi connectivity index (χ3v) is 6.53. The summed E-state index contributed by atoms with van der Waals surface area (Å²) in [4.78, 5) is 21.2. The van der Waals surface area contributed by atoms with E-state index in [1.54, 1.807) is 19.1 Å². The normalized spacial score (nSPS) is 16.2. The monoisotopic (exact) mass is 406 g/mol. The molecule has 1 fully saturated rings. The van der Waals surface area contributed by atoms with Gasteiger partial charge >= 0.3 is 0 Å². The van der Waals surface area contributed by atoms with Crippen LogP contribution in [-0.4, -0.2) is 67.4 Å². The molecule has 0 amide bonds. The second kappa shape index (κ2) is 8.42. The Kier molecular flexibility index (Phi) is 6.17. The van der Waals surface area contributed by atoms with Crippen molar-refractivity contribution >= 4 is 10.0 Å². The Morgan fingerprint density at radius 1 is 1.18 bits per heavy atom. The highest BCUT2D eigenvalue weighted by Gasteiger charge is 2.28. The molecule has 0 radical (unpaired) electrons. The van der Waals surface area contributed by atoms with E-state index in [0.29, 0.717) is 55.6 Å². The van der Waals surface area contributed by atoms with Crippen LogP contribution >= 0.6 is 0 Å². The average Bonchev–Trinajstić information content (AvgIpc) is 2.65. The maximum atomic E-state index is 13.1. The van der Waals surface area contributed by atoms with Crippen LogP contribution in [0.15, 0.2) is 34.0 Å². The van der Waals surface area contributed by atoms with Gasteiger partial charge in [-0.1, -0.05) is 6.92 Å². The first-order chi connectivity index (χ1) is 13.3. The third kappa shape index (κ3) is 4.43. The van der Waals surface area contributed by atoms with E-state index in [-0.39, 0.29) is 10.5 Å². The number of hydrogen-bond acceptors (Lipinski definition) is 6. The van der Waals surface area contributed by atoms with Crippen molar-refractivity contribution in [2.45, 2.75) is 25.2 Å². The molecule has 0 aliphatic carbocycles. The van der Waals surface area contributed by atoms with Crippen molar-refractivity contribution in [3.8, 4) is 17.1 Å². The first kappa shape index (κ1) is 20.5. The van der Waals surface area contributed by atoms with Crippen LogP contribution in [0, 0.1) is 6.92 Å². The molecule has 2 heterocycles. The maximum absolute atomic E-state index is 13.1. The number of aromatic nitrogens is 2. The Labute approximate surface area is 165 Å². The van der Waals surface area contributed by atoms with Crippen molar-refractivity contribution in [1.29, 1.82) is 0 Å². The molecule has 1 aromatic carbocycles. The highest BCUT2D eigenvalue weighted by atomic mass is 32.2. The van der Waals surface area contributed by atoms with Gasteiger partial charge in [0.05, 0.1) is 17.1 Å². The fourth-order valence-electron chi connectivity index (χ4n) is 3.08. The molecule has 8 nitrogen and oxygen atoms in total. The average molecular weight is 407 g/mol. The lowest BCUT2D eigenvalue weighted by molar-refractivity contribution is 0.222. The van der Waals surface area contributed by atoms with Crippen LogP contribution in [0.1, 0.15) is 19.0 Å². The Hall–Kier alpha value is -2.23. The summed E-state index contributed by atoms with van der Waals surface area (Å²) in [5.41, 5.74) is 0.716. The van der Waals surface area contributed by atoms with E-state index < -0.39 is 10.0 Å². The van der Waals surface area contributed by atoms with Crippen LogP contribution in [0.2, 0.25) is 0 Å². The summed E-state index contributed by atoms with van der Waals surface area (Å²) in [5.74, 6) is 0.791. The first-order valence-electron chi connectivity index (χ1n) is 9.35. The second-order valence-corrected chi connectivity index (χ2v) is 8.89. The van der Waals surface area contributed by atoms with Crippen molar-refractivity contribution in [3.05, 3.63) is 40.3 Å². The number of nitrogens with one attached hydrogen (secondary N) is 1. The molecule has 1 aliphatic rings. The van der Waals surface area contributed by atoms with E-state index in [1.807, 2.05) is 14.0 Å². The molecular formula is C19H26N4O4S. The Morgan fingerprint density at radius 2 is 1.89 bits per heavy atom. The predicted octanol–water partition coefficient (Wildman–Crippen LogP) is 1.47. The van der Waals surface area contributed by atoms with Crippen LogP contribution in [-0.2, 0) is 10.0 Å². The van der Waals surface area contributed by atoms with Crippen LogP contribution in [0.5, 0.6) is 5.75 Å². The highest BCUT2D eigenvalue weighted by molar-refractivity contribution is 7.89. The number of H-pyrrole nitrogens is 1. The van der Waals surface area contributed by atoms with Gasteiger partial charge in [-0.3, -0.25) is 4.79 Å². The minimum absolute atomic E-state index is 0.167. The third-order valence-electron chi connectivity index (χ3n) is 4.64. The van der Waals surface area contributed by atoms with Crippen LogP contribution in [0.4, 0.5) is 0 Å². The van der Waals surface area contributed by atoms with Gasteiger partial charge in [0.1, 0.15) is 11.6 Å². The molecule has 3 rings (SSSR count). The molecule has 28 heavy (non-hydrogen) atoms. The second-order valence-electron chi connectivity index (χ2n) is 6.95. The van der Waals surface area contributed by atoms with Crippen LogP contribution in [0.25, 0.3) is 11.4 Å². The summed E-state index contributed by atoms with van der Waals surface area (Å²) < 4.78 is 33.5. The van der Waals surface area contributed by atoms with E-state index in [1.165, 1.54) is 16.4 Å². The molecule has 1 aliphatic heterocycles. The zero-order chi connectivity index (χ0) is 20.3. The van der Waals surface area contributed by atoms with Crippen molar-refractivity contribution < 1.29 is 13.2 Å². The number of piperazine rings is 1. The van der Waals surface area contributed by atoms with Crippen molar-refractivity contribution in [1.82, 2.24) is 19.2 Å². The molecule has 1 N–H and O–H groups in total. The molecule has 152 valence electrons. The maximum Gasteiger partial charge on any atom is 0.251 e. The SMILES string of the molecule is CCCOc1ccc(S(=O)(=O)N2CCN(C)CC2)cc1-c1nc(C)cc(=O)[nH]1. The van der Waals surface area contributed by atoms with Gasteiger partial charge in [0.15, 0.2) is 0 Å². The predicted molar refractivity (Wildman–Crippen MR) is 107 cm³/mol. The van der Waals surface area contributed by atoms with E-state index in [0.717, 1.165) is 6.42 Å². The number of rotatable bonds is 6. The standard InChI is InChI=1S/C19H26N4O4S/c1-4-11-27-17-6-5-15(28(25,26)23-9-7-22(3)8-10-23)13-16(17)19-20-14(2)12-18(24)21-19/h5-6,12-13H,4,7-11H2,1-3H3,(H,20,21,24). The zero-order valence-corrected chi connectivity index (χ0v) is 17.3. The molecule has 0 saturated carbocycles. The molecule has 0 atom stereocenters. The summed E-state index contributed by atoms with van der Waals surface area (Å²) in [6, 6.07) is 6.11. The highest BCUT2D eigenvalue weighted by Crippen LogP contribution is 2.31. The Morgan fingerprint density at radius 3 is 2.54 bits per heavy atom. The zero-order valence-electron chi connectivity index (χ0n) is 16.4. The molecule has 2 aromatic rings. The van der Waals surface area contributed by atoms with E-state index >= 15 is 0 Å². The van der Waals surface area contributed by atoms with Crippen molar-refractivity contribution in [3.63, 3.8) is 0 Å². The summed E-state index contributed by atoms with van der Waals surface area (Å²) in [6.45, 7) is 6.46. The van der Waals surface area contributed by atoms with Gasteiger partial charge in [-0.05, 0) is 38.6 Å². The summed E-state index contributed by atoms with van der Waals surface area (Å²) in [5, 5.41) is 0. The number of aryl methyl sites for hydroxylation is 1. The van der Waals surface area contributed by atoms with Gasteiger partial charge in [-0.15, -0.1) is 0 Å². The Bertz CT molecular complexity index is 995. The minimum atomic E-state index is -3.64. The quantitative estimate of drug-likeness (QED) is 0.781. The molecule has 9 heteroatoms. The summed E-state index contributed by atoms with van der Waals surface area (Å²) in [7, 11) is -1.67. The molecule has 0 bridgehead atoms. The lowest BCUT2D eigenvalue weighted by Gasteiger charge is -2.31. The number of sulfonamides is 1. The van der Waals surface area contributed by atoms with Crippen molar-refractivity contribution in [2.75, 3.05) is 39.8 Å². The molecule has 1 saturated heterocycles. The van der Waals surface area contributed by atoms with Crippen LogP contribution < -0.4 is 10.3 Å². The van der Waals surface area contributed by atoms with Gasteiger partial charge < -0.3 is 14.6 Å². The minimum Gasteiger partial charge on any atom is -0.493 e. The first-order valence-corrected chi connectivity index (χ1v) is 10.8. The van der Waals surface area contributed by atoms with Gasteiger partial charge in [-0.2, -0.15) is 4.31 Å². The fourth-order valence-corrected chi connectivity index (χ4v) is 4.53. The number of aromatic amines is 1. The molecule has 0 spiro atoms.